The van der Waals surface area contributed by atoms with E-state index in [9.17, 15) is 4.79 Å². The predicted molar refractivity (Wildman–Crippen MR) is 101 cm³/mol. The van der Waals surface area contributed by atoms with E-state index in [4.69, 9.17) is 9.72 Å². The molecule has 0 aliphatic carbocycles. The van der Waals surface area contributed by atoms with Gasteiger partial charge in [-0.3, -0.25) is 4.79 Å². The van der Waals surface area contributed by atoms with Gasteiger partial charge in [0.25, 0.3) is 0 Å². The summed E-state index contributed by atoms with van der Waals surface area (Å²) in [6.45, 7) is 8.29. The van der Waals surface area contributed by atoms with Crippen LogP contribution in [0.15, 0.2) is 30.5 Å². The normalized spacial score (nSPS) is 11.0. The number of rotatable bonds is 7. The third-order valence-corrected chi connectivity index (χ3v) is 3.68. The zero-order chi connectivity index (χ0) is 18.4. The van der Waals surface area contributed by atoms with E-state index in [1.807, 2.05) is 38.1 Å². The fourth-order valence-electron chi connectivity index (χ4n) is 2.52. The average molecular weight is 341 g/mol. The third kappa shape index (κ3) is 5.55. The molecule has 0 fully saturated rings. The quantitative estimate of drug-likeness (QED) is 0.814. The summed E-state index contributed by atoms with van der Waals surface area (Å²) in [4.78, 5) is 21.3. The average Bonchev–Trinajstić information content (AvgIpc) is 2.55. The molecule has 0 atom stereocenters. The van der Waals surface area contributed by atoms with E-state index in [2.05, 4.69) is 24.1 Å². The first-order chi connectivity index (χ1) is 11.9. The number of hydrogen-bond acceptors (Lipinski definition) is 4. The molecule has 5 nitrogen and oxygen atoms in total. The Hall–Kier alpha value is -2.43. The minimum absolute atomic E-state index is 0.0218. The van der Waals surface area contributed by atoms with E-state index in [1.165, 1.54) is 0 Å². The van der Waals surface area contributed by atoms with Gasteiger partial charge in [-0.05, 0) is 42.5 Å². The van der Waals surface area contributed by atoms with Crippen LogP contribution in [0.25, 0.3) is 11.3 Å². The van der Waals surface area contributed by atoms with Gasteiger partial charge in [-0.25, -0.2) is 9.97 Å². The highest BCUT2D eigenvalue weighted by Crippen LogP contribution is 2.24. The summed E-state index contributed by atoms with van der Waals surface area (Å²) in [6.07, 6.45) is 2.94. The van der Waals surface area contributed by atoms with Crippen LogP contribution in [0.5, 0.6) is 5.75 Å². The fourth-order valence-corrected chi connectivity index (χ4v) is 2.52. The Morgan fingerprint density at radius 3 is 2.36 bits per heavy atom. The molecule has 1 heterocycles. The van der Waals surface area contributed by atoms with Crippen molar-refractivity contribution in [1.82, 2.24) is 9.97 Å². The molecular weight excluding hydrogens is 314 g/mol. The lowest BCUT2D eigenvalue weighted by molar-refractivity contribution is -0.116. The van der Waals surface area contributed by atoms with Gasteiger partial charge in [-0.15, -0.1) is 0 Å². The summed E-state index contributed by atoms with van der Waals surface area (Å²) in [7, 11) is 1.64. The summed E-state index contributed by atoms with van der Waals surface area (Å²) in [6, 6.07) is 7.72. The Bertz CT molecular complexity index is 709. The van der Waals surface area contributed by atoms with Gasteiger partial charge in [-0.2, -0.15) is 0 Å². The van der Waals surface area contributed by atoms with Gasteiger partial charge in [0.2, 0.25) is 5.91 Å². The maximum Gasteiger partial charge on any atom is 0.225 e. The molecule has 134 valence electrons. The van der Waals surface area contributed by atoms with Crippen molar-refractivity contribution in [3.05, 3.63) is 36.2 Å². The van der Waals surface area contributed by atoms with Crippen LogP contribution in [-0.2, 0) is 11.2 Å². The van der Waals surface area contributed by atoms with Gasteiger partial charge in [0.1, 0.15) is 5.75 Å². The molecule has 0 unspecified atom stereocenters. The van der Waals surface area contributed by atoms with Crippen molar-refractivity contribution in [3.63, 3.8) is 0 Å². The molecule has 25 heavy (non-hydrogen) atoms. The predicted octanol–water partition coefficient (Wildman–Crippen LogP) is 4.34. The Kier molecular flexibility index (Phi) is 6.51. The molecule has 0 bridgehead atoms. The van der Waals surface area contributed by atoms with Crippen LogP contribution >= 0.6 is 0 Å². The number of nitrogens with one attached hydrogen (secondary N) is 1. The lowest BCUT2D eigenvalue weighted by Gasteiger charge is -2.13. The second kappa shape index (κ2) is 8.60. The molecular formula is C20H27N3O2. The molecule has 1 aromatic heterocycles. The van der Waals surface area contributed by atoms with Crippen molar-refractivity contribution in [1.29, 1.82) is 0 Å². The van der Waals surface area contributed by atoms with Crippen molar-refractivity contribution in [3.8, 4) is 17.0 Å². The van der Waals surface area contributed by atoms with Gasteiger partial charge in [0.05, 0.1) is 24.7 Å². The van der Waals surface area contributed by atoms with Crippen LogP contribution < -0.4 is 10.1 Å². The number of anilines is 1. The summed E-state index contributed by atoms with van der Waals surface area (Å²) >= 11 is 0. The van der Waals surface area contributed by atoms with Crippen molar-refractivity contribution < 1.29 is 9.53 Å². The minimum atomic E-state index is -0.0218. The summed E-state index contributed by atoms with van der Waals surface area (Å²) in [5, 5.41) is 2.91. The lowest BCUT2D eigenvalue weighted by atomic mass is 10.1. The first-order valence-corrected chi connectivity index (χ1v) is 8.69. The molecule has 2 rings (SSSR count). The molecule has 5 heteroatoms. The Labute approximate surface area is 149 Å². The number of nitrogens with zero attached hydrogens (tertiary/aromatic N) is 2. The molecule has 0 saturated carbocycles. The van der Waals surface area contributed by atoms with E-state index in [0.717, 1.165) is 29.1 Å². The lowest BCUT2D eigenvalue weighted by Crippen LogP contribution is -2.17. The van der Waals surface area contributed by atoms with Gasteiger partial charge in [0, 0.05) is 12.0 Å². The van der Waals surface area contributed by atoms with E-state index in [-0.39, 0.29) is 5.91 Å². The van der Waals surface area contributed by atoms with Crippen molar-refractivity contribution in [2.24, 2.45) is 11.8 Å². The second-order valence-electron chi connectivity index (χ2n) is 7.02. The van der Waals surface area contributed by atoms with E-state index >= 15 is 0 Å². The van der Waals surface area contributed by atoms with Crippen molar-refractivity contribution >= 4 is 11.7 Å². The summed E-state index contributed by atoms with van der Waals surface area (Å²) < 4.78 is 5.19. The smallest absolute Gasteiger partial charge is 0.225 e. The Morgan fingerprint density at radius 1 is 1.12 bits per heavy atom. The highest BCUT2D eigenvalue weighted by Gasteiger charge is 2.14. The summed E-state index contributed by atoms with van der Waals surface area (Å²) in [5.41, 5.74) is 2.58. The van der Waals surface area contributed by atoms with E-state index in [1.54, 1.807) is 13.3 Å². The SMILES string of the molecule is COc1ccc(-c2cnc(NC(=O)CC(C)C)c(CC(C)C)n2)cc1. The molecule has 1 N–H and O–H groups in total. The minimum Gasteiger partial charge on any atom is -0.497 e. The zero-order valence-electron chi connectivity index (χ0n) is 15.7. The number of aromatic nitrogens is 2. The van der Waals surface area contributed by atoms with Crippen LogP contribution in [0.3, 0.4) is 0 Å². The van der Waals surface area contributed by atoms with Gasteiger partial charge in [-0.1, -0.05) is 27.7 Å². The number of carbonyl (C=O) groups excluding carboxylic acids is 1. The van der Waals surface area contributed by atoms with Crippen LogP contribution in [0.2, 0.25) is 0 Å². The molecule has 0 aliphatic rings. The molecule has 2 aromatic rings. The maximum absolute atomic E-state index is 12.1. The number of carbonyl (C=O) groups is 1. The Morgan fingerprint density at radius 2 is 1.80 bits per heavy atom. The fraction of sp³-hybridized carbons (Fsp3) is 0.450. The topological polar surface area (TPSA) is 64.1 Å². The monoisotopic (exact) mass is 341 g/mol. The van der Waals surface area contributed by atoms with Crippen LogP contribution in [0.1, 0.15) is 39.8 Å². The van der Waals surface area contributed by atoms with Gasteiger partial charge in [0.15, 0.2) is 5.82 Å². The Balaban J connectivity index is 2.30. The first-order valence-electron chi connectivity index (χ1n) is 8.69. The maximum atomic E-state index is 12.1. The summed E-state index contributed by atoms with van der Waals surface area (Å²) in [5.74, 6) is 2.07. The molecule has 1 aromatic carbocycles. The van der Waals surface area contributed by atoms with Crippen molar-refractivity contribution in [2.45, 2.75) is 40.5 Å². The van der Waals surface area contributed by atoms with Crippen LogP contribution in [0.4, 0.5) is 5.82 Å². The highest BCUT2D eigenvalue weighted by molar-refractivity contribution is 5.90. The second-order valence-corrected chi connectivity index (χ2v) is 7.02. The standard InChI is InChI=1S/C20H27N3O2/c1-13(2)10-17-20(23-19(24)11-14(3)4)21-12-18(22-17)15-6-8-16(25-5)9-7-15/h6-9,12-14H,10-11H2,1-5H3,(H,21,23,24). The van der Waals surface area contributed by atoms with Crippen LogP contribution in [0, 0.1) is 11.8 Å². The molecule has 0 radical (unpaired) electrons. The molecule has 0 spiro atoms. The highest BCUT2D eigenvalue weighted by atomic mass is 16.5. The third-order valence-electron chi connectivity index (χ3n) is 3.68. The van der Waals surface area contributed by atoms with Crippen LogP contribution in [-0.4, -0.2) is 23.0 Å². The number of benzene rings is 1. The largest absolute Gasteiger partial charge is 0.497 e. The van der Waals surface area contributed by atoms with Gasteiger partial charge < -0.3 is 10.1 Å². The first kappa shape index (κ1) is 18.9. The van der Waals surface area contributed by atoms with Crippen molar-refractivity contribution in [2.75, 3.05) is 12.4 Å². The molecule has 0 saturated heterocycles. The number of ether oxygens (including phenoxy) is 1. The molecule has 1 amide bonds. The van der Waals surface area contributed by atoms with Gasteiger partial charge >= 0.3 is 0 Å². The van der Waals surface area contributed by atoms with E-state index in [0.29, 0.717) is 24.1 Å². The number of methoxy groups -OCH3 is 1. The molecule has 0 aliphatic heterocycles. The number of hydrogen-bond donors (Lipinski definition) is 1. The number of amides is 1. The van der Waals surface area contributed by atoms with E-state index < -0.39 is 0 Å². The zero-order valence-corrected chi connectivity index (χ0v) is 15.7.